The highest BCUT2D eigenvalue weighted by Gasteiger charge is 2.17. The van der Waals surface area contributed by atoms with Crippen molar-refractivity contribution in [2.75, 3.05) is 6.61 Å². The summed E-state index contributed by atoms with van der Waals surface area (Å²) in [7, 11) is 0. The van der Waals surface area contributed by atoms with Gasteiger partial charge in [-0.15, -0.1) is 0 Å². The van der Waals surface area contributed by atoms with Crippen molar-refractivity contribution in [1.29, 1.82) is 0 Å². The summed E-state index contributed by atoms with van der Waals surface area (Å²) in [6.45, 7) is -0.437. The third-order valence-electron chi connectivity index (χ3n) is 3.46. The number of nitrogens with two attached hydrogens (primary N) is 1. The number of ether oxygens (including phenoxy) is 2. The Balaban J connectivity index is 1.68. The quantitative estimate of drug-likeness (QED) is 0.558. The Morgan fingerprint density at radius 1 is 1.36 bits per heavy atom. The Hall–Kier alpha value is -3.05. The lowest BCUT2D eigenvalue weighted by atomic mass is 10.2. The van der Waals surface area contributed by atoms with Gasteiger partial charge in [-0.3, -0.25) is 0 Å². The molecule has 0 bridgehead atoms. The number of hydrogen-bond acceptors (Lipinski definition) is 8. The van der Waals surface area contributed by atoms with Crippen LogP contribution in [0.15, 0.2) is 45.5 Å². The molecule has 28 heavy (non-hydrogen) atoms. The van der Waals surface area contributed by atoms with Gasteiger partial charge in [-0.2, -0.15) is 4.98 Å². The van der Waals surface area contributed by atoms with Crippen LogP contribution in [0.25, 0.3) is 11.4 Å². The van der Waals surface area contributed by atoms with E-state index in [1.165, 1.54) is 12.3 Å². The van der Waals surface area contributed by atoms with Gasteiger partial charge in [0.2, 0.25) is 11.7 Å². The Kier molecular flexibility index (Phi) is 6.16. The van der Waals surface area contributed by atoms with Crippen LogP contribution in [-0.2, 0) is 11.2 Å². The number of pyridine rings is 1. The minimum absolute atomic E-state index is 0.0160. The molecule has 0 saturated heterocycles. The maximum Gasteiger partial charge on any atom is 0.404 e. The lowest BCUT2D eigenvalue weighted by molar-refractivity contribution is 0.0592. The second-order valence-corrected chi connectivity index (χ2v) is 6.44. The number of halogens is 2. The van der Waals surface area contributed by atoms with Crippen molar-refractivity contribution in [3.63, 3.8) is 0 Å². The van der Waals surface area contributed by atoms with Crippen LogP contribution in [0.5, 0.6) is 11.6 Å². The molecule has 0 aliphatic rings. The minimum atomic E-state index is -1.01. The fourth-order valence-electron chi connectivity index (χ4n) is 2.22. The lowest BCUT2D eigenvalue weighted by Gasteiger charge is -2.10. The summed E-state index contributed by atoms with van der Waals surface area (Å²) in [5, 5.41) is 13.0. The molecule has 0 aliphatic heterocycles. The average molecular weight is 453 g/mol. The average Bonchev–Trinajstić information content (AvgIpc) is 3.12. The van der Waals surface area contributed by atoms with Crippen molar-refractivity contribution in [3.8, 4) is 23.0 Å². The first-order valence-electron chi connectivity index (χ1n) is 7.93. The maximum atomic E-state index is 13.8. The molecule has 9 nitrogen and oxygen atoms in total. The normalized spacial score (nSPS) is 11.8. The molecular weight excluding hydrogens is 439 g/mol. The zero-order valence-corrected chi connectivity index (χ0v) is 15.8. The third-order valence-corrected chi connectivity index (χ3v) is 3.89. The summed E-state index contributed by atoms with van der Waals surface area (Å²) < 4.78 is 29.5. The molecular formula is C17H14BrFN4O5. The van der Waals surface area contributed by atoms with Gasteiger partial charge in [-0.05, 0) is 46.3 Å². The summed E-state index contributed by atoms with van der Waals surface area (Å²) in [5.41, 5.74) is 5.54. The van der Waals surface area contributed by atoms with Gasteiger partial charge in [0, 0.05) is 16.2 Å². The smallest absolute Gasteiger partial charge is 0.404 e. The molecule has 1 aromatic carbocycles. The number of hydrogen-bond donors (Lipinski definition) is 2. The van der Waals surface area contributed by atoms with E-state index in [9.17, 15) is 14.3 Å². The first kappa shape index (κ1) is 19.7. The molecule has 0 saturated carbocycles. The number of aliphatic hydroxyl groups excluding tert-OH is 1. The van der Waals surface area contributed by atoms with Crippen LogP contribution < -0.4 is 10.5 Å². The molecule has 1 atom stereocenters. The minimum Gasteiger partial charge on any atom is -0.443 e. The number of amides is 1. The zero-order chi connectivity index (χ0) is 20.1. The summed E-state index contributed by atoms with van der Waals surface area (Å²) in [6, 6.07) is 7.76. The molecule has 2 aromatic heterocycles. The van der Waals surface area contributed by atoms with Crippen LogP contribution in [0.4, 0.5) is 9.18 Å². The highest BCUT2D eigenvalue weighted by atomic mass is 79.9. The molecule has 11 heteroatoms. The first-order chi connectivity index (χ1) is 13.4. The summed E-state index contributed by atoms with van der Waals surface area (Å²) in [5.74, 6) is 0.0681. The molecule has 3 N–H and O–H groups in total. The second kappa shape index (κ2) is 8.76. The van der Waals surface area contributed by atoms with E-state index in [1.54, 1.807) is 24.3 Å². The first-order valence-corrected chi connectivity index (χ1v) is 8.72. The van der Waals surface area contributed by atoms with Gasteiger partial charge in [0.05, 0.1) is 13.0 Å². The predicted octanol–water partition coefficient (Wildman–Crippen LogP) is 2.82. The van der Waals surface area contributed by atoms with Crippen molar-refractivity contribution in [3.05, 3.63) is 52.7 Å². The number of nitrogens with zero attached hydrogens (tertiary/aromatic N) is 3. The summed E-state index contributed by atoms with van der Waals surface area (Å²) in [4.78, 5) is 18.8. The Morgan fingerprint density at radius 3 is 2.75 bits per heavy atom. The third kappa shape index (κ3) is 5.02. The SMILES string of the molecule is NC(=O)O[C@H](CO)Cc1nc(-c2ccc(Oc3ncc(Br)cc3F)cc2)no1. The van der Waals surface area contributed by atoms with Crippen LogP contribution in [0.3, 0.4) is 0 Å². The standard InChI is InChI=1S/C17H14BrFN4O5/c18-10-5-13(19)16(21-7-10)26-11-3-1-9(2-4-11)15-22-14(28-23-15)6-12(8-24)27-17(20)25/h1-5,7,12,24H,6,8H2,(H2,20,25)/t12-/m0/s1. The van der Waals surface area contributed by atoms with E-state index in [2.05, 4.69) is 31.1 Å². The van der Waals surface area contributed by atoms with E-state index in [1.807, 2.05) is 0 Å². The van der Waals surface area contributed by atoms with Gasteiger partial charge in [-0.1, -0.05) is 5.16 Å². The van der Waals surface area contributed by atoms with E-state index in [0.717, 1.165) is 0 Å². The molecule has 1 amide bonds. The van der Waals surface area contributed by atoms with E-state index in [0.29, 0.717) is 15.8 Å². The number of rotatable bonds is 7. The Bertz CT molecular complexity index is 966. The van der Waals surface area contributed by atoms with Crippen molar-refractivity contribution < 1.29 is 28.3 Å². The van der Waals surface area contributed by atoms with Gasteiger partial charge in [0.15, 0.2) is 5.82 Å². The van der Waals surface area contributed by atoms with Gasteiger partial charge in [-0.25, -0.2) is 14.2 Å². The molecule has 0 fully saturated rings. The van der Waals surface area contributed by atoms with Crippen LogP contribution in [-0.4, -0.2) is 39.0 Å². The highest BCUT2D eigenvalue weighted by Crippen LogP contribution is 2.26. The van der Waals surface area contributed by atoms with Crippen LogP contribution >= 0.6 is 15.9 Å². The number of primary amides is 1. The number of benzene rings is 1. The molecule has 3 aromatic rings. The van der Waals surface area contributed by atoms with Crippen molar-refractivity contribution in [1.82, 2.24) is 15.1 Å². The molecule has 0 spiro atoms. The molecule has 0 aliphatic carbocycles. The molecule has 0 unspecified atom stereocenters. The maximum absolute atomic E-state index is 13.8. The summed E-state index contributed by atoms with van der Waals surface area (Å²) in [6.07, 6.45) is -0.446. The van der Waals surface area contributed by atoms with E-state index in [4.69, 9.17) is 19.7 Å². The fourth-order valence-corrected chi connectivity index (χ4v) is 2.52. The van der Waals surface area contributed by atoms with E-state index >= 15 is 0 Å². The number of aromatic nitrogens is 3. The van der Waals surface area contributed by atoms with Crippen molar-refractivity contribution >= 4 is 22.0 Å². The monoisotopic (exact) mass is 452 g/mol. The largest absolute Gasteiger partial charge is 0.443 e. The van der Waals surface area contributed by atoms with Gasteiger partial charge in [0.1, 0.15) is 11.9 Å². The Labute approximate surface area is 166 Å². The van der Waals surface area contributed by atoms with Gasteiger partial charge < -0.3 is 24.8 Å². The second-order valence-electron chi connectivity index (χ2n) is 5.52. The van der Waals surface area contributed by atoms with Gasteiger partial charge in [0.25, 0.3) is 5.88 Å². The van der Waals surface area contributed by atoms with E-state index < -0.39 is 24.6 Å². The van der Waals surface area contributed by atoms with Crippen LogP contribution in [0.1, 0.15) is 5.89 Å². The lowest BCUT2D eigenvalue weighted by Crippen LogP contribution is -2.27. The molecule has 0 radical (unpaired) electrons. The van der Waals surface area contributed by atoms with Gasteiger partial charge >= 0.3 is 6.09 Å². The summed E-state index contributed by atoms with van der Waals surface area (Å²) >= 11 is 3.12. The van der Waals surface area contributed by atoms with Crippen molar-refractivity contribution in [2.24, 2.45) is 5.73 Å². The number of aliphatic hydroxyl groups is 1. The molecule has 3 rings (SSSR count). The number of carbonyl (C=O) groups is 1. The zero-order valence-electron chi connectivity index (χ0n) is 14.2. The Morgan fingerprint density at radius 2 is 2.11 bits per heavy atom. The topological polar surface area (TPSA) is 134 Å². The number of carbonyl (C=O) groups excluding carboxylic acids is 1. The van der Waals surface area contributed by atoms with Crippen molar-refractivity contribution in [2.45, 2.75) is 12.5 Å². The highest BCUT2D eigenvalue weighted by molar-refractivity contribution is 9.10. The van der Waals surface area contributed by atoms with Crippen LogP contribution in [0.2, 0.25) is 0 Å². The predicted molar refractivity (Wildman–Crippen MR) is 96.9 cm³/mol. The molecule has 2 heterocycles. The fraction of sp³-hybridized carbons (Fsp3) is 0.176. The van der Waals surface area contributed by atoms with E-state index in [-0.39, 0.29) is 24.0 Å². The molecule has 146 valence electrons. The van der Waals surface area contributed by atoms with Crippen LogP contribution in [0, 0.1) is 5.82 Å².